The monoisotopic (exact) mass is 276 g/mol. The number of aromatic nitrogens is 3. The summed E-state index contributed by atoms with van der Waals surface area (Å²) in [7, 11) is 0. The topological polar surface area (TPSA) is 70.7 Å². The average Bonchev–Trinajstić information content (AvgIpc) is 2.88. The fraction of sp³-hybridized carbons (Fsp3) is 0.308. The van der Waals surface area contributed by atoms with Crippen molar-refractivity contribution >= 4 is 17.7 Å². The van der Waals surface area contributed by atoms with Gasteiger partial charge >= 0.3 is 0 Å². The van der Waals surface area contributed by atoms with E-state index in [4.69, 9.17) is 0 Å². The van der Waals surface area contributed by atoms with Crippen molar-refractivity contribution in [3.63, 3.8) is 0 Å². The Morgan fingerprint density at radius 2 is 2.16 bits per heavy atom. The number of benzene rings is 1. The molecule has 100 valence electrons. The molecule has 2 aromatic rings. The van der Waals surface area contributed by atoms with Gasteiger partial charge in [0.2, 0.25) is 11.1 Å². The second-order valence-corrected chi connectivity index (χ2v) is 5.30. The lowest BCUT2D eigenvalue weighted by molar-refractivity contribution is -0.120. The van der Waals surface area contributed by atoms with Crippen molar-refractivity contribution in [2.24, 2.45) is 0 Å². The Bertz CT molecular complexity index is 541. The molecule has 1 aromatic carbocycles. The molecule has 1 amide bonds. The minimum atomic E-state index is -0.209. The van der Waals surface area contributed by atoms with Gasteiger partial charge in [-0.25, -0.2) is 4.98 Å². The first-order valence-electron chi connectivity index (χ1n) is 6.13. The van der Waals surface area contributed by atoms with Crippen LogP contribution in [0.4, 0.5) is 0 Å². The van der Waals surface area contributed by atoms with E-state index in [1.807, 2.05) is 44.2 Å². The molecule has 0 saturated carbocycles. The summed E-state index contributed by atoms with van der Waals surface area (Å²) >= 11 is 1.34. The molecule has 0 spiro atoms. The lowest BCUT2D eigenvalue weighted by Crippen LogP contribution is -2.30. The summed E-state index contributed by atoms with van der Waals surface area (Å²) in [4.78, 5) is 16.0. The third-order valence-electron chi connectivity index (χ3n) is 2.51. The number of amides is 1. The maximum atomic E-state index is 11.6. The van der Waals surface area contributed by atoms with Gasteiger partial charge in [0.25, 0.3) is 0 Å². The normalized spacial score (nSPS) is 12.1. The molecule has 0 aliphatic rings. The molecule has 5 nitrogen and oxygen atoms in total. The van der Waals surface area contributed by atoms with Crippen LogP contribution in [0.5, 0.6) is 0 Å². The van der Waals surface area contributed by atoms with Crippen LogP contribution in [0.2, 0.25) is 0 Å². The number of rotatable bonds is 5. The second-order valence-electron chi connectivity index (χ2n) is 3.99. The molecule has 0 saturated heterocycles. The van der Waals surface area contributed by atoms with Crippen molar-refractivity contribution < 1.29 is 4.79 Å². The first kappa shape index (κ1) is 13.6. The maximum absolute atomic E-state index is 11.6. The molecule has 0 unspecified atom stereocenters. The van der Waals surface area contributed by atoms with Gasteiger partial charge in [-0.15, -0.1) is 5.10 Å². The van der Waals surface area contributed by atoms with E-state index in [0.717, 1.165) is 5.56 Å². The van der Waals surface area contributed by atoms with E-state index in [-0.39, 0.29) is 11.2 Å². The SMILES string of the molecule is CCNC(=O)[C@@H](C)Sc1n[nH]c(-c2ccccc2)n1. The predicted octanol–water partition coefficient (Wildman–Crippen LogP) is 2.09. The minimum Gasteiger partial charge on any atom is -0.355 e. The fourth-order valence-electron chi connectivity index (χ4n) is 1.55. The number of nitrogens with zero attached hydrogens (tertiary/aromatic N) is 2. The summed E-state index contributed by atoms with van der Waals surface area (Å²) in [5.74, 6) is 0.713. The zero-order chi connectivity index (χ0) is 13.7. The van der Waals surface area contributed by atoms with E-state index in [0.29, 0.717) is 17.5 Å². The fourth-order valence-corrected chi connectivity index (χ4v) is 2.30. The Hall–Kier alpha value is -1.82. The lowest BCUT2D eigenvalue weighted by Gasteiger charge is -2.07. The van der Waals surface area contributed by atoms with Gasteiger partial charge in [-0.1, -0.05) is 42.1 Å². The highest BCUT2D eigenvalue weighted by atomic mass is 32.2. The Balaban J connectivity index is 2.04. The van der Waals surface area contributed by atoms with E-state index in [1.165, 1.54) is 11.8 Å². The number of carbonyl (C=O) groups is 1. The van der Waals surface area contributed by atoms with E-state index >= 15 is 0 Å². The van der Waals surface area contributed by atoms with Gasteiger partial charge in [0.15, 0.2) is 5.82 Å². The Kier molecular flexibility index (Phi) is 4.57. The molecular formula is C13H16N4OS. The largest absolute Gasteiger partial charge is 0.355 e. The summed E-state index contributed by atoms with van der Waals surface area (Å²) in [5.41, 5.74) is 0.979. The molecule has 2 rings (SSSR count). The standard InChI is InChI=1S/C13H16N4OS/c1-3-14-12(18)9(2)19-13-15-11(16-17-13)10-7-5-4-6-8-10/h4-9H,3H2,1-2H3,(H,14,18)(H,15,16,17)/t9-/m1/s1. The molecule has 0 radical (unpaired) electrons. The maximum Gasteiger partial charge on any atom is 0.233 e. The third-order valence-corrected chi connectivity index (χ3v) is 3.48. The molecule has 19 heavy (non-hydrogen) atoms. The number of carbonyl (C=O) groups excluding carboxylic acids is 1. The quantitative estimate of drug-likeness (QED) is 0.820. The highest BCUT2D eigenvalue weighted by molar-refractivity contribution is 8.00. The van der Waals surface area contributed by atoms with Crippen molar-refractivity contribution in [3.8, 4) is 11.4 Å². The highest BCUT2D eigenvalue weighted by Crippen LogP contribution is 2.22. The van der Waals surface area contributed by atoms with Crippen LogP contribution in [0, 0.1) is 0 Å². The highest BCUT2D eigenvalue weighted by Gasteiger charge is 2.16. The number of hydrogen-bond acceptors (Lipinski definition) is 4. The zero-order valence-electron chi connectivity index (χ0n) is 10.9. The Labute approximate surface area is 116 Å². The van der Waals surface area contributed by atoms with E-state index in [1.54, 1.807) is 0 Å². The van der Waals surface area contributed by atoms with Crippen molar-refractivity contribution in [3.05, 3.63) is 30.3 Å². The van der Waals surface area contributed by atoms with Crippen molar-refractivity contribution in [2.45, 2.75) is 24.3 Å². The third kappa shape index (κ3) is 3.57. The van der Waals surface area contributed by atoms with E-state index < -0.39 is 0 Å². The molecule has 2 N–H and O–H groups in total. The van der Waals surface area contributed by atoms with Crippen LogP contribution in [0.15, 0.2) is 35.5 Å². The van der Waals surface area contributed by atoms with E-state index in [2.05, 4.69) is 20.5 Å². The Morgan fingerprint density at radius 3 is 2.84 bits per heavy atom. The molecule has 6 heteroatoms. The lowest BCUT2D eigenvalue weighted by atomic mass is 10.2. The van der Waals surface area contributed by atoms with Crippen molar-refractivity contribution in [1.82, 2.24) is 20.5 Å². The summed E-state index contributed by atoms with van der Waals surface area (Å²) in [6, 6.07) is 9.76. The number of thioether (sulfide) groups is 1. The molecule has 1 atom stereocenters. The first-order chi connectivity index (χ1) is 9.20. The first-order valence-corrected chi connectivity index (χ1v) is 7.01. The number of H-pyrrole nitrogens is 1. The van der Waals surface area contributed by atoms with Crippen LogP contribution in [0.25, 0.3) is 11.4 Å². The second kappa shape index (κ2) is 6.38. The van der Waals surface area contributed by atoms with E-state index in [9.17, 15) is 4.79 Å². The summed E-state index contributed by atoms with van der Waals surface area (Å²) in [5, 5.41) is 10.2. The van der Waals surface area contributed by atoms with Gasteiger partial charge < -0.3 is 5.32 Å². The minimum absolute atomic E-state index is 0.00133. The molecule has 0 aliphatic heterocycles. The molecule has 0 aliphatic carbocycles. The molecule has 1 heterocycles. The van der Waals surface area contributed by atoms with Gasteiger partial charge in [0, 0.05) is 12.1 Å². The molecule has 0 bridgehead atoms. The van der Waals surface area contributed by atoms with Crippen LogP contribution < -0.4 is 5.32 Å². The molecule has 0 fully saturated rings. The van der Waals surface area contributed by atoms with Crippen LogP contribution in [-0.4, -0.2) is 32.9 Å². The van der Waals surface area contributed by atoms with Gasteiger partial charge in [-0.3, -0.25) is 9.89 Å². The van der Waals surface area contributed by atoms with Crippen molar-refractivity contribution in [1.29, 1.82) is 0 Å². The summed E-state index contributed by atoms with van der Waals surface area (Å²) in [6.07, 6.45) is 0. The van der Waals surface area contributed by atoms with Gasteiger partial charge in [0.1, 0.15) is 0 Å². The number of aromatic amines is 1. The van der Waals surface area contributed by atoms with Gasteiger partial charge in [0.05, 0.1) is 5.25 Å². The van der Waals surface area contributed by atoms with Crippen LogP contribution in [0.3, 0.4) is 0 Å². The predicted molar refractivity (Wildman–Crippen MR) is 75.8 cm³/mol. The summed E-state index contributed by atoms with van der Waals surface area (Å²) < 4.78 is 0. The van der Waals surface area contributed by atoms with Gasteiger partial charge in [-0.05, 0) is 13.8 Å². The summed E-state index contributed by atoms with van der Waals surface area (Å²) in [6.45, 7) is 4.37. The smallest absolute Gasteiger partial charge is 0.233 e. The Morgan fingerprint density at radius 1 is 1.42 bits per heavy atom. The van der Waals surface area contributed by atoms with Crippen LogP contribution in [-0.2, 0) is 4.79 Å². The number of hydrogen-bond donors (Lipinski definition) is 2. The average molecular weight is 276 g/mol. The molecular weight excluding hydrogens is 260 g/mol. The van der Waals surface area contributed by atoms with Crippen LogP contribution >= 0.6 is 11.8 Å². The zero-order valence-corrected chi connectivity index (χ0v) is 11.7. The van der Waals surface area contributed by atoms with Crippen molar-refractivity contribution in [2.75, 3.05) is 6.54 Å². The number of nitrogens with one attached hydrogen (secondary N) is 2. The van der Waals surface area contributed by atoms with Crippen LogP contribution in [0.1, 0.15) is 13.8 Å². The molecule has 1 aromatic heterocycles. The van der Waals surface area contributed by atoms with Gasteiger partial charge in [-0.2, -0.15) is 0 Å².